The van der Waals surface area contributed by atoms with Gasteiger partial charge in [0.25, 0.3) is 0 Å². The van der Waals surface area contributed by atoms with Gasteiger partial charge in [-0.25, -0.2) is 0 Å². The lowest BCUT2D eigenvalue weighted by atomic mass is 10.1. The van der Waals surface area contributed by atoms with Gasteiger partial charge in [0.15, 0.2) is 0 Å². The number of nitriles is 1. The number of rotatable bonds is 5. The standard InChI is InChI=1S/C20H18N2O3S/c1-26-18-8-6-17(7-9-18)22-12-16(10-19(22)23)20(24)25-13-15-4-2-14(11-21)3-5-15/h2-9,16H,10,12-13H2,1H3. The first kappa shape index (κ1) is 18.0. The summed E-state index contributed by atoms with van der Waals surface area (Å²) in [6.07, 6.45) is 2.16. The van der Waals surface area contributed by atoms with E-state index in [-0.39, 0.29) is 24.9 Å². The van der Waals surface area contributed by atoms with Crippen molar-refractivity contribution in [3.63, 3.8) is 0 Å². The van der Waals surface area contributed by atoms with Gasteiger partial charge in [-0.05, 0) is 48.2 Å². The van der Waals surface area contributed by atoms with Crippen molar-refractivity contribution >= 4 is 29.3 Å². The van der Waals surface area contributed by atoms with Crippen molar-refractivity contribution in [1.29, 1.82) is 5.26 Å². The van der Waals surface area contributed by atoms with Crippen LogP contribution in [0, 0.1) is 17.2 Å². The van der Waals surface area contributed by atoms with Crippen LogP contribution in [-0.2, 0) is 20.9 Å². The average Bonchev–Trinajstić information content (AvgIpc) is 3.08. The summed E-state index contributed by atoms with van der Waals surface area (Å²) in [5.41, 5.74) is 2.17. The molecule has 0 spiro atoms. The lowest BCUT2D eigenvalue weighted by Crippen LogP contribution is -2.26. The zero-order valence-corrected chi connectivity index (χ0v) is 15.2. The molecule has 0 bridgehead atoms. The predicted molar refractivity (Wildman–Crippen MR) is 99.6 cm³/mol. The molecule has 1 aliphatic heterocycles. The van der Waals surface area contributed by atoms with E-state index in [0.29, 0.717) is 12.1 Å². The molecule has 132 valence electrons. The molecule has 2 aromatic carbocycles. The first-order valence-corrected chi connectivity index (χ1v) is 9.43. The van der Waals surface area contributed by atoms with Crippen LogP contribution < -0.4 is 4.90 Å². The largest absolute Gasteiger partial charge is 0.461 e. The second-order valence-electron chi connectivity index (χ2n) is 6.02. The van der Waals surface area contributed by atoms with Crippen LogP contribution in [0.1, 0.15) is 17.5 Å². The highest BCUT2D eigenvalue weighted by atomic mass is 32.2. The van der Waals surface area contributed by atoms with Gasteiger partial charge < -0.3 is 9.64 Å². The maximum atomic E-state index is 12.3. The molecule has 1 fully saturated rings. The smallest absolute Gasteiger partial charge is 0.311 e. The average molecular weight is 366 g/mol. The molecule has 1 heterocycles. The van der Waals surface area contributed by atoms with Crippen molar-refractivity contribution in [2.24, 2.45) is 5.92 Å². The minimum Gasteiger partial charge on any atom is -0.461 e. The Morgan fingerprint density at radius 1 is 1.23 bits per heavy atom. The number of thioether (sulfide) groups is 1. The first-order valence-electron chi connectivity index (χ1n) is 8.21. The SMILES string of the molecule is CSc1ccc(N2CC(C(=O)OCc3ccc(C#N)cc3)CC2=O)cc1. The van der Waals surface area contributed by atoms with Crippen LogP contribution in [0.4, 0.5) is 5.69 Å². The van der Waals surface area contributed by atoms with Crippen LogP contribution >= 0.6 is 11.8 Å². The van der Waals surface area contributed by atoms with Crippen LogP contribution in [-0.4, -0.2) is 24.7 Å². The van der Waals surface area contributed by atoms with Gasteiger partial charge in [-0.2, -0.15) is 5.26 Å². The van der Waals surface area contributed by atoms with Crippen molar-refractivity contribution in [2.45, 2.75) is 17.9 Å². The normalized spacial score (nSPS) is 16.4. The van der Waals surface area contributed by atoms with Crippen molar-refractivity contribution in [3.8, 4) is 6.07 Å². The summed E-state index contributed by atoms with van der Waals surface area (Å²) in [4.78, 5) is 27.3. The Labute approximate surface area is 156 Å². The Morgan fingerprint density at radius 3 is 2.54 bits per heavy atom. The Hall–Kier alpha value is -2.78. The Kier molecular flexibility index (Phi) is 5.59. The maximum absolute atomic E-state index is 12.3. The molecule has 0 radical (unpaired) electrons. The third-order valence-electron chi connectivity index (χ3n) is 4.31. The molecule has 3 rings (SSSR count). The number of carbonyl (C=O) groups excluding carboxylic acids is 2. The molecule has 1 saturated heterocycles. The summed E-state index contributed by atoms with van der Waals surface area (Å²) in [6.45, 7) is 0.474. The molecule has 1 atom stereocenters. The van der Waals surface area contributed by atoms with Crippen LogP contribution in [0.5, 0.6) is 0 Å². The van der Waals surface area contributed by atoms with E-state index in [9.17, 15) is 9.59 Å². The van der Waals surface area contributed by atoms with Crippen molar-refractivity contribution in [1.82, 2.24) is 0 Å². The lowest BCUT2D eigenvalue weighted by molar-refractivity contribution is -0.149. The van der Waals surface area contributed by atoms with E-state index in [1.54, 1.807) is 40.9 Å². The lowest BCUT2D eigenvalue weighted by Gasteiger charge is -2.17. The van der Waals surface area contributed by atoms with Gasteiger partial charge >= 0.3 is 5.97 Å². The van der Waals surface area contributed by atoms with Crippen LogP contribution in [0.2, 0.25) is 0 Å². The fourth-order valence-electron chi connectivity index (χ4n) is 2.82. The molecule has 1 amide bonds. The molecule has 0 aromatic heterocycles. The summed E-state index contributed by atoms with van der Waals surface area (Å²) < 4.78 is 5.35. The van der Waals surface area contributed by atoms with Gasteiger partial charge in [-0.15, -0.1) is 11.8 Å². The number of hydrogen-bond acceptors (Lipinski definition) is 5. The van der Waals surface area contributed by atoms with Gasteiger partial charge in [0.2, 0.25) is 5.91 Å². The van der Waals surface area contributed by atoms with Crippen molar-refractivity contribution in [3.05, 3.63) is 59.7 Å². The monoisotopic (exact) mass is 366 g/mol. The molecular formula is C20H18N2O3S. The quantitative estimate of drug-likeness (QED) is 0.599. The molecule has 5 nitrogen and oxygen atoms in total. The molecule has 2 aromatic rings. The fourth-order valence-corrected chi connectivity index (χ4v) is 3.23. The van der Waals surface area contributed by atoms with Gasteiger partial charge in [-0.3, -0.25) is 9.59 Å². The topological polar surface area (TPSA) is 70.4 Å². The molecular weight excluding hydrogens is 348 g/mol. The maximum Gasteiger partial charge on any atom is 0.311 e. The van der Waals surface area contributed by atoms with E-state index in [1.165, 1.54) is 0 Å². The Balaban J connectivity index is 1.58. The minimum atomic E-state index is -0.457. The van der Waals surface area contributed by atoms with Crippen molar-refractivity contribution < 1.29 is 14.3 Å². The minimum absolute atomic E-state index is 0.0674. The number of anilines is 1. The first-order chi connectivity index (χ1) is 12.6. The van der Waals surface area contributed by atoms with E-state index >= 15 is 0 Å². The second kappa shape index (κ2) is 8.07. The van der Waals surface area contributed by atoms with Gasteiger partial charge in [0.1, 0.15) is 6.61 Å². The Bertz CT molecular complexity index is 841. The van der Waals surface area contributed by atoms with Crippen LogP contribution in [0.25, 0.3) is 0 Å². The number of nitrogens with zero attached hydrogens (tertiary/aromatic N) is 2. The Morgan fingerprint density at radius 2 is 1.92 bits per heavy atom. The zero-order chi connectivity index (χ0) is 18.5. The molecule has 26 heavy (non-hydrogen) atoms. The van der Waals surface area contributed by atoms with Gasteiger partial charge in [0.05, 0.1) is 17.6 Å². The number of benzene rings is 2. The highest BCUT2D eigenvalue weighted by molar-refractivity contribution is 7.98. The van der Waals surface area contributed by atoms with Crippen LogP contribution in [0.3, 0.4) is 0 Å². The summed E-state index contributed by atoms with van der Waals surface area (Å²) in [5.74, 6) is -0.894. The third-order valence-corrected chi connectivity index (χ3v) is 5.05. The fraction of sp³-hybridized carbons (Fsp3) is 0.250. The van der Waals surface area contributed by atoms with Crippen LogP contribution in [0.15, 0.2) is 53.4 Å². The summed E-state index contributed by atoms with van der Waals surface area (Å²) in [6, 6.07) is 16.6. The van der Waals surface area contributed by atoms with E-state index in [2.05, 4.69) is 0 Å². The number of esters is 1. The highest BCUT2D eigenvalue weighted by Gasteiger charge is 2.36. The van der Waals surface area contributed by atoms with E-state index < -0.39 is 5.92 Å². The summed E-state index contributed by atoms with van der Waals surface area (Å²) in [7, 11) is 0. The third kappa shape index (κ3) is 4.06. The molecule has 0 saturated carbocycles. The molecule has 0 N–H and O–H groups in total. The summed E-state index contributed by atoms with van der Waals surface area (Å²) >= 11 is 1.64. The van der Waals surface area contributed by atoms with E-state index in [1.807, 2.05) is 36.6 Å². The highest BCUT2D eigenvalue weighted by Crippen LogP contribution is 2.27. The summed E-state index contributed by atoms with van der Waals surface area (Å²) in [5, 5.41) is 8.79. The number of amides is 1. The number of ether oxygens (including phenoxy) is 1. The van der Waals surface area contributed by atoms with E-state index in [4.69, 9.17) is 10.00 Å². The number of hydrogen-bond donors (Lipinski definition) is 0. The molecule has 1 unspecified atom stereocenters. The zero-order valence-electron chi connectivity index (χ0n) is 14.3. The molecule has 6 heteroatoms. The number of carbonyl (C=O) groups is 2. The molecule has 0 aliphatic carbocycles. The molecule has 1 aliphatic rings. The predicted octanol–water partition coefficient (Wildman–Crippen LogP) is 3.38. The van der Waals surface area contributed by atoms with Gasteiger partial charge in [-0.1, -0.05) is 12.1 Å². The van der Waals surface area contributed by atoms with Gasteiger partial charge in [0, 0.05) is 23.5 Å². The second-order valence-corrected chi connectivity index (χ2v) is 6.90. The van der Waals surface area contributed by atoms with E-state index in [0.717, 1.165) is 16.1 Å². The van der Waals surface area contributed by atoms with Crippen molar-refractivity contribution in [2.75, 3.05) is 17.7 Å².